The summed E-state index contributed by atoms with van der Waals surface area (Å²) in [5.74, 6) is 0. The Bertz CT molecular complexity index is 324. The zero-order valence-corrected chi connectivity index (χ0v) is 7.83. The molecule has 0 atom stereocenters. The van der Waals surface area contributed by atoms with E-state index in [1.807, 2.05) is 37.3 Å². The van der Waals surface area contributed by atoms with Crippen LogP contribution < -0.4 is 0 Å². The number of hydrogen-bond acceptors (Lipinski definition) is 1. The molecular weight excluding hydrogens is 160 g/mol. The highest BCUT2D eigenvalue weighted by molar-refractivity contribution is 5.58. The standard InChI is InChI=1S/C12H14O/c1-3-11(9-13)8-12-7-5-4-6-10(12)2/h3-8,13H,1,9H2,2H3. The van der Waals surface area contributed by atoms with Crippen molar-refractivity contribution >= 4 is 6.08 Å². The fourth-order valence-corrected chi connectivity index (χ4v) is 1.12. The molecule has 0 aliphatic heterocycles. The average molecular weight is 174 g/mol. The predicted octanol–water partition coefficient (Wildman–Crippen LogP) is 2.56. The lowest BCUT2D eigenvalue weighted by molar-refractivity contribution is 0.336. The van der Waals surface area contributed by atoms with E-state index in [9.17, 15) is 0 Å². The summed E-state index contributed by atoms with van der Waals surface area (Å²) in [6.45, 7) is 5.71. The smallest absolute Gasteiger partial charge is 0.0681 e. The highest BCUT2D eigenvalue weighted by atomic mass is 16.3. The summed E-state index contributed by atoms with van der Waals surface area (Å²) in [4.78, 5) is 0. The van der Waals surface area contributed by atoms with E-state index in [0.29, 0.717) is 0 Å². The normalized spacial score (nSPS) is 11.4. The first-order valence-corrected chi connectivity index (χ1v) is 4.27. The Morgan fingerprint density at radius 3 is 2.69 bits per heavy atom. The molecule has 0 aliphatic carbocycles. The minimum atomic E-state index is 0.0395. The SMILES string of the molecule is C=CC(=Cc1ccccc1C)CO. The second-order valence-electron chi connectivity index (χ2n) is 2.94. The molecule has 0 unspecified atom stereocenters. The molecule has 1 N–H and O–H groups in total. The van der Waals surface area contributed by atoms with Crippen LogP contribution in [0, 0.1) is 6.92 Å². The van der Waals surface area contributed by atoms with Gasteiger partial charge in [0.2, 0.25) is 0 Å². The molecule has 0 radical (unpaired) electrons. The van der Waals surface area contributed by atoms with Crippen LogP contribution in [0.5, 0.6) is 0 Å². The maximum absolute atomic E-state index is 8.94. The molecule has 0 heterocycles. The van der Waals surface area contributed by atoms with Gasteiger partial charge in [-0.1, -0.05) is 36.9 Å². The Labute approximate surface area is 79.0 Å². The van der Waals surface area contributed by atoms with E-state index in [1.54, 1.807) is 6.08 Å². The summed E-state index contributed by atoms with van der Waals surface area (Å²) in [5, 5.41) is 8.94. The van der Waals surface area contributed by atoms with Crippen molar-refractivity contribution in [1.82, 2.24) is 0 Å². The second kappa shape index (κ2) is 4.63. The van der Waals surface area contributed by atoms with Gasteiger partial charge in [0.25, 0.3) is 0 Å². The van der Waals surface area contributed by atoms with Crippen LogP contribution in [0.25, 0.3) is 6.08 Å². The third kappa shape index (κ3) is 2.56. The third-order valence-corrected chi connectivity index (χ3v) is 1.97. The van der Waals surface area contributed by atoms with Crippen molar-refractivity contribution in [3.8, 4) is 0 Å². The summed E-state index contributed by atoms with van der Waals surface area (Å²) in [6, 6.07) is 8.05. The first-order valence-electron chi connectivity index (χ1n) is 4.27. The zero-order valence-electron chi connectivity index (χ0n) is 7.83. The van der Waals surface area contributed by atoms with Gasteiger partial charge < -0.3 is 5.11 Å². The highest BCUT2D eigenvalue weighted by Crippen LogP contribution is 2.11. The molecule has 0 amide bonds. The van der Waals surface area contributed by atoms with Gasteiger partial charge in [0.05, 0.1) is 6.61 Å². The minimum Gasteiger partial charge on any atom is -0.392 e. The van der Waals surface area contributed by atoms with E-state index in [2.05, 4.69) is 6.58 Å². The van der Waals surface area contributed by atoms with Crippen molar-refractivity contribution in [2.24, 2.45) is 0 Å². The summed E-state index contributed by atoms with van der Waals surface area (Å²) >= 11 is 0. The van der Waals surface area contributed by atoms with Crippen LogP contribution in [0.1, 0.15) is 11.1 Å². The van der Waals surface area contributed by atoms with Crippen molar-refractivity contribution in [1.29, 1.82) is 0 Å². The quantitative estimate of drug-likeness (QED) is 0.698. The van der Waals surface area contributed by atoms with E-state index in [4.69, 9.17) is 5.11 Å². The Morgan fingerprint density at radius 1 is 1.46 bits per heavy atom. The Hall–Kier alpha value is -1.34. The van der Waals surface area contributed by atoms with Gasteiger partial charge in [0.1, 0.15) is 0 Å². The lowest BCUT2D eigenvalue weighted by Crippen LogP contribution is -1.87. The molecule has 13 heavy (non-hydrogen) atoms. The van der Waals surface area contributed by atoms with Crippen LogP contribution in [0.3, 0.4) is 0 Å². The van der Waals surface area contributed by atoms with Gasteiger partial charge >= 0.3 is 0 Å². The molecule has 1 aromatic rings. The first-order chi connectivity index (χ1) is 6.27. The van der Waals surface area contributed by atoms with Crippen LogP contribution in [-0.4, -0.2) is 11.7 Å². The number of rotatable bonds is 3. The van der Waals surface area contributed by atoms with Crippen molar-refractivity contribution in [3.05, 3.63) is 53.6 Å². The van der Waals surface area contributed by atoms with Gasteiger partial charge in [-0.2, -0.15) is 0 Å². The van der Waals surface area contributed by atoms with Crippen LogP contribution >= 0.6 is 0 Å². The van der Waals surface area contributed by atoms with Gasteiger partial charge in [-0.3, -0.25) is 0 Å². The molecule has 0 fully saturated rings. The number of aryl methyl sites for hydroxylation is 1. The van der Waals surface area contributed by atoms with E-state index < -0.39 is 0 Å². The van der Waals surface area contributed by atoms with Crippen LogP contribution in [0.2, 0.25) is 0 Å². The van der Waals surface area contributed by atoms with Crippen LogP contribution in [0.15, 0.2) is 42.5 Å². The molecule has 0 aromatic heterocycles. The Balaban J connectivity index is 3.02. The van der Waals surface area contributed by atoms with Gasteiger partial charge in [0.15, 0.2) is 0 Å². The van der Waals surface area contributed by atoms with Crippen LogP contribution in [-0.2, 0) is 0 Å². The molecule has 0 aliphatic rings. The molecule has 1 heteroatoms. The molecule has 1 rings (SSSR count). The third-order valence-electron chi connectivity index (χ3n) is 1.97. The van der Waals surface area contributed by atoms with Gasteiger partial charge in [-0.15, -0.1) is 0 Å². The first kappa shape index (κ1) is 9.75. The number of benzene rings is 1. The minimum absolute atomic E-state index is 0.0395. The molecule has 68 valence electrons. The fraction of sp³-hybridized carbons (Fsp3) is 0.167. The predicted molar refractivity (Wildman–Crippen MR) is 56.4 cm³/mol. The van der Waals surface area contributed by atoms with Gasteiger partial charge in [0, 0.05) is 0 Å². The summed E-state index contributed by atoms with van der Waals surface area (Å²) in [5.41, 5.74) is 3.18. The van der Waals surface area contributed by atoms with Gasteiger partial charge in [-0.25, -0.2) is 0 Å². The van der Waals surface area contributed by atoms with Crippen molar-refractivity contribution in [3.63, 3.8) is 0 Å². The number of hydrogen-bond donors (Lipinski definition) is 1. The topological polar surface area (TPSA) is 20.2 Å². The van der Waals surface area contributed by atoms with E-state index in [0.717, 1.165) is 11.1 Å². The highest BCUT2D eigenvalue weighted by Gasteiger charge is 1.94. The molecule has 1 nitrogen and oxygen atoms in total. The molecule has 0 saturated carbocycles. The molecule has 0 spiro atoms. The van der Waals surface area contributed by atoms with Crippen molar-refractivity contribution < 1.29 is 5.11 Å². The van der Waals surface area contributed by atoms with Crippen LogP contribution in [0.4, 0.5) is 0 Å². The van der Waals surface area contributed by atoms with E-state index in [1.165, 1.54) is 5.56 Å². The van der Waals surface area contributed by atoms with E-state index >= 15 is 0 Å². The van der Waals surface area contributed by atoms with Gasteiger partial charge in [-0.05, 0) is 29.7 Å². The zero-order chi connectivity index (χ0) is 9.68. The molecule has 0 saturated heterocycles. The average Bonchev–Trinajstić information content (AvgIpc) is 2.17. The Kier molecular flexibility index (Phi) is 3.47. The van der Waals surface area contributed by atoms with Crippen molar-refractivity contribution in [2.45, 2.75) is 6.92 Å². The second-order valence-corrected chi connectivity index (χ2v) is 2.94. The summed E-state index contributed by atoms with van der Waals surface area (Å²) in [7, 11) is 0. The monoisotopic (exact) mass is 174 g/mol. The number of aliphatic hydroxyl groups excluding tert-OH is 1. The van der Waals surface area contributed by atoms with Crippen molar-refractivity contribution in [2.75, 3.05) is 6.61 Å². The number of aliphatic hydroxyl groups is 1. The maximum Gasteiger partial charge on any atom is 0.0681 e. The molecular formula is C12H14O. The summed E-state index contributed by atoms with van der Waals surface area (Å²) < 4.78 is 0. The molecule has 1 aromatic carbocycles. The lowest BCUT2D eigenvalue weighted by Gasteiger charge is -2.01. The maximum atomic E-state index is 8.94. The fourth-order valence-electron chi connectivity index (χ4n) is 1.12. The summed E-state index contributed by atoms with van der Waals surface area (Å²) in [6.07, 6.45) is 3.62. The van der Waals surface area contributed by atoms with E-state index in [-0.39, 0.29) is 6.61 Å². The lowest BCUT2D eigenvalue weighted by atomic mass is 10.1. The Morgan fingerprint density at radius 2 is 2.15 bits per heavy atom. The molecule has 0 bridgehead atoms. The largest absolute Gasteiger partial charge is 0.392 e.